The van der Waals surface area contributed by atoms with E-state index in [1.807, 2.05) is 0 Å². The minimum Gasteiger partial charge on any atom is -0.480 e. The van der Waals surface area contributed by atoms with E-state index in [2.05, 4.69) is 5.32 Å². The van der Waals surface area contributed by atoms with E-state index in [-0.39, 0.29) is 11.9 Å². The van der Waals surface area contributed by atoms with Crippen molar-refractivity contribution >= 4 is 11.9 Å². The van der Waals surface area contributed by atoms with Gasteiger partial charge < -0.3 is 15.3 Å². The molecule has 1 fully saturated rings. The zero-order valence-corrected chi connectivity index (χ0v) is 9.90. The van der Waals surface area contributed by atoms with Crippen LogP contribution in [0.15, 0.2) is 0 Å². The zero-order chi connectivity index (χ0) is 12.1. The summed E-state index contributed by atoms with van der Waals surface area (Å²) >= 11 is 0. The van der Waals surface area contributed by atoms with Crippen molar-refractivity contribution < 1.29 is 14.7 Å². The van der Waals surface area contributed by atoms with E-state index in [9.17, 15) is 9.59 Å². The van der Waals surface area contributed by atoms with Crippen molar-refractivity contribution in [3.8, 4) is 0 Å². The first kappa shape index (κ1) is 13.0. The Morgan fingerprint density at radius 1 is 1.50 bits per heavy atom. The number of nitrogens with zero attached hydrogens (tertiary/aromatic N) is 1. The van der Waals surface area contributed by atoms with Crippen molar-refractivity contribution in [2.45, 2.75) is 44.7 Å². The number of carboxylic acid groups (broad SMARTS) is 1. The Morgan fingerprint density at radius 2 is 2.19 bits per heavy atom. The van der Waals surface area contributed by atoms with Gasteiger partial charge in [-0.25, -0.2) is 4.79 Å². The molecule has 1 amide bonds. The van der Waals surface area contributed by atoms with E-state index in [1.54, 1.807) is 14.0 Å². The van der Waals surface area contributed by atoms with Crippen LogP contribution in [0.1, 0.15) is 32.6 Å². The minimum absolute atomic E-state index is 0.103. The number of aliphatic carboxylic acids is 1. The van der Waals surface area contributed by atoms with Gasteiger partial charge in [0.25, 0.3) is 0 Å². The molecule has 5 nitrogen and oxygen atoms in total. The molecule has 1 saturated heterocycles. The Labute approximate surface area is 95.8 Å². The Hall–Kier alpha value is -1.10. The van der Waals surface area contributed by atoms with Crippen LogP contribution < -0.4 is 5.32 Å². The van der Waals surface area contributed by atoms with Crippen LogP contribution in [0.2, 0.25) is 0 Å². The molecule has 1 unspecified atom stereocenters. The van der Waals surface area contributed by atoms with Gasteiger partial charge in [-0.15, -0.1) is 0 Å². The minimum atomic E-state index is -0.936. The van der Waals surface area contributed by atoms with Crippen LogP contribution in [0.25, 0.3) is 0 Å². The average Bonchev–Trinajstić information content (AvgIpc) is 2.29. The topological polar surface area (TPSA) is 69.6 Å². The van der Waals surface area contributed by atoms with Gasteiger partial charge in [0.15, 0.2) is 0 Å². The second kappa shape index (κ2) is 5.84. The van der Waals surface area contributed by atoms with Crippen molar-refractivity contribution in [2.24, 2.45) is 0 Å². The van der Waals surface area contributed by atoms with Crippen molar-refractivity contribution in [3.63, 3.8) is 0 Å². The molecule has 1 heterocycles. The summed E-state index contributed by atoms with van der Waals surface area (Å²) in [4.78, 5) is 24.3. The quantitative estimate of drug-likeness (QED) is 0.733. The summed E-state index contributed by atoms with van der Waals surface area (Å²) in [6.07, 6.45) is 3.36. The SMILES string of the molecule is CCC(C(=O)O)N(C)C(=O)[C@H]1CCCCN1. The number of nitrogens with one attached hydrogen (secondary N) is 1. The maximum absolute atomic E-state index is 12.0. The number of rotatable bonds is 4. The fourth-order valence-corrected chi connectivity index (χ4v) is 2.08. The number of carboxylic acids is 1. The number of carbonyl (C=O) groups excluding carboxylic acids is 1. The molecule has 2 N–H and O–H groups in total. The first-order valence-electron chi connectivity index (χ1n) is 5.80. The van der Waals surface area contributed by atoms with Gasteiger partial charge in [0, 0.05) is 7.05 Å². The first-order valence-corrected chi connectivity index (χ1v) is 5.80. The van der Waals surface area contributed by atoms with Crippen LogP contribution in [-0.4, -0.2) is 47.6 Å². The molecular formula is C11H20N2O3. The van der Waals surface area contributed by atoms with Crippen molar-refractivity contribution in [1.82, 2.24) is 10.2 Å². The molecule has 0 aliphatic carbocycles. The fourth-order valence-electron chi connectivity index (χ4n) is 2.08. The Kier molecular flexibility index (Phi) is 4.73. The van der Waals surface area contributed by atoms with Crippen LogP contribution in [0.3, 0.4) is 0 Å². The monoisotopic (exact) mass is 228 g/mol. The largest absolute Gasteiger partial charge is 0.480 e. The molecule has 16 heavy (non-hydrogen) atoms. The lowest BCUT2D eigenvalue weighted by Crippen LogP contribution is -2.52. The first-order chi connectivity index (χ1) is 7.57. The molecule has 0 spiro atoms. The van der Waals surface area contributed by atoms with Gasteiger partial charge in [-0.05, 0) is 25.8 Å². The molecule has 1 aliphatic heterocycles. The van der Waals surface area contributed by atoms with Crippen LogP contribution in [0.5, 0.6) is 0 Å². The number of likely N-dealkylation sites (N-methyl/N-ethyl adjacent to an activating group) is 1. The highest BCUT2D eigenvalue weighted by Crippen LogP contribution is 2.12. The predicted octanol–water partition coefficient (Wildman–Crippen LogP) is 0.450. The number of amides is 1. The second-order valence-electron chi connectivity index (χ2n) is 4.21. The second-order valence-corrected chi connectivity index (χ2v) is 4.21. The fraction of sp³-hybridized carbons (Fsp3) is 0.818. The number of piperidine rings is 1. The summed E-state index contributed by atoms with van der Waals surface area (Å²) in [6.45, 7) is 2.62. The maximum Gasteiger partial charge on any atom is 0.326 e. The number of hydrogen-bond donors (Lipinski definition) is 2. The summed E-state index contributed by atoms with van der Waals surface area (Å²) in [5.41, 5.74) is 0. The van der Waals surface area contributed by atoms with Gasteiger partial charge in [0.05, 0.1) is 6.04 Å². The van der Waals surface area contributed by atoms with Gasteiger partial charge in [0.2, 0.25) is 5.91 Å². The van der Waals surface area contributed by atoms with Gasteiger partial charge in [0.1, 0.15) is 6.04 Å². The van der Waals surface area contributed by atoms with Crippen LogP contribution in [-0.2, 0) is 9.59 Å². The average molecular weight is 228 g/mol. The third-order valence-electron chi connectivity index (χ3n) is 3.10. The van der Waals surface area contributed by atoms with Gasteiger partial charge in [-0.2, -0.15) is 0 Å². The number of hydrogen-bond acceptors (Lipinski definition) is 3. The van der Waals surface area contributed by atoms with E-state index in [1.165, 1.54) is 4.90 Å². The molecule has 0 aromatic carbocycles. The molecule has 92 valence electrons. The summed E-state index contributed by atoms with van der Waals surface area (Å²) in [5.74, 6) is -1.04. The van der Waals surface area contributed by atoms with E-state index in [0.717, 1.165) is 25.8 Å². The lowest BCUT2D eigenvalue weighted by molar-refractivity contribution is -0.150. The highest BCUT2D eigenvalue weighted by molar-refractivity contribution is 5.86. The van der Waals surface area contributed by atoms with Gasteiger partial charge >= 0.3 is 5.97 Å². The van der Waals surface area contributed by atoms with Crippen molar-refractivity contribution in [3.05, 3.63) is 0 Å². The molecule has 1 aliphatic rings. The van der Waals surface area contributed by atoms with E-state index in [0.29, 0.717) is 6.42 Å². The van der Waals surface area contributed by atoms with E-state index < -0.39 is 12.0 Å². The Bertz CT molecular complexity index is 262. The lowest BCUT2D eigenvalue weighted by Gasteiger charge is -2.30. The molecule has 0 radical (unpaired) electrons. The smallest absolute Gasteiger partial charge is 0.326 e. The van der Waals surface area contributed by atoms with Crippen molar-refractivity contribution in [1.29, 1.82) is 0 Å². The van der Waals surface area contributed by atoms with Crippen LogP contribution in [0, 0.1) is 0 Å². The Morgan fingerprint density at radius 3 is 2.62 bits per heavy atom. The molecule has 1 rings (SSSR count). The van der Waals surface area contributed by atoms with Gasteiger partial charge in [-0.3, -0.25) is 4.79 Å². The summed E-state index contributed by atoms with van der Waals surface area (Å²) in [6, 6.07) is -0.914. The zero-order valence-electron chi connectivity index (χ0n) is 9.90. The van der Waals surface area contributed by atoms with E-state index >= 15 is 0 Å². The normalized spacial score (nSPS) is 22.5. The van der Waals surface area contributed by atoms with Crippen LogP contribution in [0.4, 0.5) is 0 Å². The molecular weight excluding hydrogens is 208 g/mol. The number of carbonyl (C=O) groups is 2. The summed E-state index contributed by atoms with van der Waals surface area (Å²) in [5, 5.41) is 12.1. The molecule has 2 atom stereocenters. The standard InChI is InChI=1S/C11H20N2O3/c1-3-9(11(15)16)13(2)10(14)8-6-4-5-7-12-8/h8-9,12H,3-7H2,1-2H3,(H,15,16)/t8-,9?/m1/s1. The molecule has 5 heteroatoms. The summed E-state index contributed by atoms with van der Waals surface area (Å²) in [7, 11) is 1.57. The molecule has 0 bridgehead atoms. The van der Waals surface area contributed by atoms with Gasteiger partial charge in [-0.1, -0.05) is 13.3 Å². The third-order valence-corrected chi connectivity index (χ3v) is 3.10. The summed E-state index contributed by atoms with van der Waals surface area (Å²) < 4.78 is 0. The third kappa shape index (κ3) is 2.95. The predicted molar refractivity (Wildman–Crippen MR) is 60.1 cm³/mol. The molecule has 0 aromatic heterocycles. The van der Waals surface area contributed by atoms with Crippen molar-refractivity contribution in [2.75, 3.05) is 13.6 Å². The van der Waals surface area contributed by atoms with E-state index in [4.69, 9.17) is 5.11 Å². The highest BCUT2D eigenvalue weighted by Gasteiger charge is 2.30. The maximum atomic E-state index is 12.0. The van der Waals surface area contributed by atoms with Crippen LogP contribution >= 0.6 is 0 Å². The lowest BCUT2D eigenvalue weighted by atomic mass is 10.0. The molecule has 0 aromatic rings. The molecule has 0 saturated carbocycles. The Balaban J connectivity index is 2.60. The highest BCUT2D eigenvalue weighted by atomic mass is 16.4.